The van der Waals surface area contributed by atoms with E-state index in [2.05, 4.69) is 23.4 Å². The molecule has 0 fully saturated rings. The highest BCUT2D eigenvalue weighted by atomic mass is 19.1. The lowest BCUT2D eigenvalue weighted by atomic mass is 10.1. The van der Waals surface area contributed by atoms with Crippen molar-refractivity contribution < 1.29 is 9.18 Å². The topological polar surface area (TPSA) is 38.1 Å². The molecule has 0 aliphatic carbocycles. The molecule has 3 aromatic rings. The van der Waals surface area contributed by atoms with Crippen molar-refractivity contribution in [3.05, 3.63) is 65.2 Å². The van der Waals surface area contributed by atoms with Crippen LogP contribution in [0.5, 0.6) is 0 Å². The average molecular weight is 367 g/mol. The molecule has 0 unspecified atom stereocenters. The molecule has 0 radical (unpaired) electrons. The summed E-state index contributed by atoms with van der Waals surface area (Å²) in [6, 6.07) is 12.3. The van der Waals surface area contributed by atoms with E-state index in [0.717, 1.165) is 36.3 Å². The summed E-state index contributed by atoms with van der Waals surface area (Å²) < 4.78 is 15.7. The van der Waals surface area contributed by atoms with Crippen LogP contribution in [0.15, 0.2) is 42.5 Å². The third-order valence-electron chi connectivity index (χ3n) is 4.61. The highest BCUT2D eigenvalue weighted by molar-refractivity contribution is 5.94. The molecule has 0 atom stereocenters. The Kier molecular flexibility index (Phi) is 5.89. The summed E-state index contributed by atoms with van der Waals surface area (Å²) in [5.41, 5.74) is 3.30. The van der Waals surface area contributed by atoms with Crippen LogP contribution in [0.4, 0.5) is 4.39 Å². The van der Waals surface area contributed by atoms with E-state index in [4.69, 9.17) is 0 Å². The molecule has 3 rings (SSSR count). The fourth-order valence-corrected chi connectivity index (χ4v) is 3.40. The van der Waals surface area contributed by atoms with Crippen LogP contribution in [0.2, 0.25) is 0 Å². The zero-order valence-electron chi connectivity index (χ0n) is 16.2. The average Bonchev–Trinajstić information content (AvgIpc) is 2.97. The largest absolute Gasteiger partial charge is 0.331 e. The van der Waals surface area contributed by atoms with Gasteiger partial charge in [0, 0.05) is 24.7 Å². The van der Waals surface area contributed by atoms with Gasteiger partial charge in [-0.3, -0.25) is 4.79 Å². The molecule has 0 saturated carbocycles. The van der Waals surface area contributed by atoms with Gasteiger partial charge in [0.25, 0.3) is 5.91 Å². The van der Waals surface area contributed by atoms with E-state index in [0.29, 0.717) is 24.2 Å². The van der Waals surface area contributed by atoms with Gasteiger partial charge < -0.3 is 9.47 Å². The Morgan fingerprint density at radius 2 is 1.96 bits per heavy atom. The third-order valence-corrected chi connectivity index (χ3v) is 4.61. The molecule has 0 N–H and O–H groups in total. The van der Waals surface area contributed by atoms with Crippen molar-refractivity contribution in [3.8, 4) is 0 Å². The Balaban J connectivity index is 1.96. The van der Waals surface area contributed by atoms with E-state index in [1.54, 1.807) is 6.07 Å². The molecular formula is C22H26FN3O. The predicted molar refractivity (Wildman–Crippen MR) is 106 cm³/mol. The van der Waals surface area contributed by atoms with Gasteiger partial charge in [-0.05, 0) is 44.0 Å². The molecule has 0 bridgehead atoms. The van der Waals surface area contributed by atoms with E-state index in [1.165, 1.54) is 12.1 Å². The summed E-state index contributed by atoms with van der Waals surface area (Å²) in [5, 5.41) is 0. The normalized spacial score (nSPS) is 11.1. The maximum atomic E-state index is 13.6. The van der Waals surface area contributed by atoms with Crippen LogP contribution in [-0.4, -0.2) is 26.9 Å². The SMILES string of the molecule is CCCN(Cc1nc2cc(F)ccc2n1CCC)C(=O)c1cccc(C)c1. The quantitative estimate of drug-likeness (QED) is 0.593. The summed E-state index contributed by atoms with van der Waals surface area (Å²) in [5.74, 6) is 0.505. The van der Waals surface area contributed by atoms with E-state index in [9.17, 15) is 9.18 Å². The first-order chi connectivity index (χ1) is 13.0. The maximum Gasteiger partial charge on any atom is 0.254 e. The van der Waals surface area contributed by atoms with Crippen LogP contribution in [0.1, 0.15) is 48.4 Å². The lowest BCUT2D eigenvalue weighted by Gasteiger charge is -2.22. The van der Waals surface area contributed by atoms with Crippen LogP contribution < -0.4 is 0 Å². The molecule has 27 heavy (non-hydrogen) atoms. The summed E-state index contributed by atoms with van der Waals surface area (Å²) in [4.78, 5) is 19.5. The van der Waals surface area contributed by atoms with E-state index in [1.807, 2.05) is 36.1 Å². The Bertz CT molecular complexity index is 948. The number of rotatable bonds is 7. The smallest absolute Gasteiger partial charge is 0.254 e. The number of hydrogen-bond acceptors (Lipinski definition) is 2. The third kappa shape index (κ3) is 4.18. The molecule has 0 spiro atoms. The van der Waals surface area contributed by atoms with Gasteiger partial charge in [0.1, 0.15) is 11.6 Å². The zero-order valence-corrected chi connectivity index (χ0v) is 16.2. The van der Waals surface area contributed by atoms with Crippen molar-refractivity contribution in [2.75, 3.05) is 6.54 Å². The summed E-state index contributed by atoms with van der Waals surface area (Å²) in [7, 11) is 0. The molecule has 1 amide bonds. The number of carbonyl (C=O) groups is 1. The van der Waals surface area contributed by atoms with Crippen LogP contribution in [0, 0.1) is 12.7 Å². The van der Waals surface area contributed by atoms with Gasteiger partial charge in [-0.2, -0.15) is 0 Å². The number of imidazole rings is 1. The van der Waals surface area contributed by atoms with Crippen LogP contribution in [0.25, 0.3) is 11.0 Å². The van der Waals surface area contributed by atoms with Crippen molar-refractivity contribution >= 4 is 16.9 Å². The van der Waals surface area contributed by atoms with Gasteiger partial charge in [0.15, 0.2) is 0 Å². The fraction of sp³-hybridized carbons (Fsp3) is 0.364. The van der Waals surface area contributed by atoms with Crippen molar-refractivity contribution in [2.45, 2.75) is 46.7 Å². The first-order valence-electron chi connectivity index (χ1n) is 9.54. The van der Waals surface area contributed by atoms with Crippen molar-refractivity contribution in [3.63, 3.8) is 0 Å². The van der Waals surface area contributed by atoms with Crippen molar-refractivity contribution in [2.24, 2.45) is 0 Å². The first kappa shape index (κ1) is 19.1. The molecule has 0 aliphatic heterocycles. The van der Waals surface area contributed by atoms with Gasteiger partial charge in [-0.1, -0.05) is 31.5 Å². The van der Waals surface area contributed by atoms with Crippen LogP contribution >= 0.6 is 0 Å². The summed E-state index contributed by atoms with van der Waals surface area (Å²) in [6.07, 6.45) is 1.80. The number of nitrogens with zero attached hydrogens (tertiary/aromatic N) is 3. The molecular weight excluding hydrogens is 341 g/mol. The highest BCUT2D eigenvalue weighted by Crippen LogP contribution is 2.20. The lowest BCUT2D eigenvalue weighted by molar-refractivity contribution is 0.0737. The highest BCUT2D eigenvalue weighted by Gasteiger charge is 2.19. The Morgan fingerprint density at radius 3 is 2.67 bits per heavy atom. The monoisotopic (exact) mass is 367 g/mol. The number of amides is 1. The number of aryl methyl sites for hydroxylation is 2. The molecule has 5 heteroatoms. The number of carbonyl (C=O) groups excluding carboxylic acids is 1. The van der Waals surface area contributed by atoms with E-state index >= 15 is 0 Å². The van der Waals surface area contributed by atoms with Crippen LogP contribution in [0.3, 0.4) is 0 Å². The molecule has 0 aliphatic rings. The van der Waals surface area contributed by atoms with E-state index in [-0.39, 0.29) is 11.7 Å². The van der Waals surface area contributed by atoms with Gasteiger partial charge in [-0.15, -0.1) is 0 Å². The molecule has 142 valence electrons. The molecule has 0 saturated heterocycles. The van der Waals surface area contributed by atoms with Crippen molar-refractivity contribution in [1.82, 2.24) is 14.5 Å². The number of halogens is 1. The second-order valence-electron chi connectivity index (χ2n) is 6.91. The van der Waals surface area contributed by atoms with Gasteiger partial charge in [-0.25, -0.2) is 9.37 Å². The van der Waals surface area contributed by atoms with Gasteiger partial charge in [0.05, 0.1) is 17.6 Å². The molecule has 2 aromatic carbocycles. The predicted octanol–water partition coefficient (Wildman–Crippen LogP) is 4.95. The fourth-order valence-electron chi connectivity index (χ4n) is 3.40. The van der Waals surface area contributed by atoms with E-state index < -0.39 is 0 Å². The minimum absolute atomic E-state index is 0.00170. The van der Waals surface area contributed by atoms with Gasteiger partial charge in [0.2, 0.25) is 0 Å². The molecule has 1 aromatic heterocycles. The number of hydrogen-bond donors (Lipinski definition) is 0. The Labute approximate surface area is 159 Å². The second-order valence-corrected chi connectivity index (χ2v) is 6.91. The molecule has 4 nitrogen and oxygen atoms in total. The lowest BCUT2D eigenvalue weighted by Crippen LogP contribution is -2.32. The minimum Gasteiger partial charge on any atom is -0.331 e. The zero-order chi connectivity index (χ0) is 19.4. The summed E-state index contributed by atoms with van der Waals surface area (Å²) in [6.45, 7) is 7.99. The van der Waals surface area contributed by atoms with Crippen LogP contribution in [-0.2, 0) is 13.1 Å². The standard InChI is InChI=1S/C22H26FN3O/c1-4-11-25(22(27)17-8-6-7-16(3)13-17)15-21-24-19-14-18(23)9-10-20(19)26(21)12-5-2/h6-10,13-14H,4-5,11-12,15H2,1-3H3. The first-order valence-corrected chi connectivity index (χ1v) is 9.54. The Morgan fingerprint density at radius 1 is 1.15 bits per heavy atom. The second kappa shape index (κ2) is 8.33. The molecule has 1 heterocycles. The number of aromatic nitrogens is 2. The van der Waals surface area contributed by atoms with Gasteiger partial charge >= 0.3 is 0 Å². The number of benzene rings is 2. The number of fused-ring (bicyclic) bond motifs is 1. The summed E-state index contributed by atoms with van der Waals surface area (Å²) >= 11 is 0. The minimum atomic E-state index is -0.295. The van der Waals surface area contributed by atoms with Crippen molar-refractivity contribution in [1.29, 1.82) is 0 Å². The maximum absolute atomic E-state index is 13.6. The Hall–Kier alpha value is -2.69.